The first-order valence-electron chi connectivity index (χ1n) is 10.8. The van der Waals surface area contributed by atoms with Crippen LogP contribution in [0.15, 0.2) is 84.0 Å². The number of nitrogens with zero attached hydrogens (tertiary/aromatic N) is 1. The predicted molar refractivity (Wildman–Crippen MR) is 143 cm³/mol. The average Bonchev–Trinajstić information content (AvgIpc) is 2.85. The van der Waals surface area contributed by atoms with Gasteiger partial charge < -0.3 is 9.47 Å². The Morgan fingerprint density at radius 3 is 2.47 bits per heavy atom. The molecule has 0 aliphatic heterocycles. The molecule has 0 radical (unpaired) electrons. The highest BCUT2D eigenvalue weighted by atomic mass is 35.5. The lowest BCUT2D eigenvalue weighted by atomic mass is 10.0. The maximum absolute atomic E-state index is 12.8. The Morgan fingerprint density at radius 2 is 1.69 bits per heavy atom. The van der Waals surface area contributed by atoms with Crippen LogP contribution in [0.1, 0.15) is 22.8 Å². The van der Waals surface area contributed by atoms with E-state index in [1.54, 1.807) is 43.3 Å². The smallest absolute Gasteiger partial charge is 0.345 e. The zero-order chi connectivity index (χ0) is 25.7. The molecule has 0 heterocycles. The van der Waals surface area contributed by atoms with Crippen LogP contribution >= 0.6 is 34.8 Å². The standard InChI is InChI=1S/C27H19Cl3N2O4/c1-16(35-20-7-4-6-18(28)13-20)26(33)32-31-15-23-21-8-3-2-5-17(21)9-12-25(23)36-27(34)22-11-10-19(29)14-24(22)30/h2-16H,1H3,(H,32,33). The minimum absolute atomic E-state index is 0.164. The lowest BCUT2D eigenvalue weighted by molar-refractivity contribution is -0.127. The van der Waals surface area contributed by atoms with E-state index in [0.717, 1.165) is 10.8 Å². The van der Waals surface area contributed by atoms with Crippen molar-refractivity contribution in [2.75, 3.05) is 0 Å². The molecule has 0 saturated carbocycles. The van der Waals surface area contributed by atoms with Gasteiger partial charge in [0.2, 0.25) is 0 Å². The van der Waals surface area contributed by atoms with Crippen molar-refractivity contribution in [3.63, 3.8) is 0 Å². The second-order valence-electron chi connectivity index (χ2n) is 7.66. The molecule has 4 aromatic rings. The summed E-state index contributed by atoms with van der Waals surface area (Å²) >= 11 is 18.0. The molecule has 0 spiro atoms. The quantitative estimate of drug-likeness (QED) is 0.119. The van der Waals surface area contributed by atoms with Gasteiger partial charge in [-0.1, -0.05) is 71.2 Å². The van der Waals surface area contributed by atoms with E-state index in [9.17, 15) is 9.59 Å². The van der Waals surface area contributed by atoms with Gasteiger partial charge in [-0.25, -0.2) is 10.2 Å². The van der Waals surface area contributed by atoms with Crippen LogP contribution < -0.4 is 14.9 Å². The summed E-state index contributed by atoms with van der Waals surface area (Å²) in [5.41, 5.74) is 3.11. The van der Waals surface area contributed by atoms with Crippen LogP contribution in [0.3, 0.4) is 0 Å². The number of carbonyl (C=O) groups excluding carboxylic acids is 2. The highest BCUT2D eigenvalue weighted by molar-refractivity contribution is 6.36. The number of hydrogen-bond acceptors (Lipinski definition) is 5. The molecular weight excluding hydrogens is 523 g/mol. The molecule has 0 aliphatic carbocycles. The van der Waals surface area contributed by atoms with Crippen LogP contribution in [-0.4, -0.2) is 24.2 Å². The first-order chi connectivity index (χ1) is 17.3. The van der Waals surface area contributed by atoms with Crippen LogP contribution in [-0.2, 0) is 4.79 Å². The fourth-order valence-electron chi connectivity index (χ4n) is 3.36. The van der Waals surface area contributed by atoms with E-state index < -0.39 is 18.0 Å². The van der Waals surface area contributed by atoms with Crippen molar-refractivity contribution in [2.24, 2.45) is 5.10 Å². The maximum Gasteiger partial charge on any atom is 0.345 e. The van der Waals surface area contributed by atoms with Gasteiger partial charge in [-0.3, -0.25) is 4.79 Å². The van der Waals surface area contributed by atoms with E-state index in [4.69, 9.17) is 44.3 Å². The summed E-state index contributed by atoms with van der Waals surface area (Å²) in [6.45, 7) is 1.59. The molecule has 1 amide bonds. The summed E-state index contributed by atoms with van der Waals surface area (Å²) in [6.07, 6.45) is 0.579. The Bertz CT molecular complexity index is 1470. The Balaban J connectivity index is 1.55. The van der Waals surface area contributed by atoms with Crippen molar-refractivity contribution in [3.8, 4) is 11.5 Å². The van der Waals surface area contributed by atoms with Gasteiger partial charge in [-0.2, -0.15) is 5.10 Å². The third-order valence-electron chi connectivity index (χ3n) is 5.13. The Morgan fingerprint density at radius 1 is 0.917 bits per heavy atom. The largest absolute Gasteiger partial charge is 0.481 e. The van der Waals surface area contributed by atoms with Crippen molar-refractivity contribution in [2.45, 2.75) is 13.0 Å². The van der Waals surface area contributed by atoms with Crippen molar-refractivity contribution in [1.82, 2.24) is 5.43 Å². The number of nitrogens with one attached hydrogen (secondary N) is 1. The van der Waals surface area contributed by atoms with E-state index in [1.165, 1.54) is 18.3 Å². The molecule has 0 bridgehead atoms. The number of hydrogen-bond donors (Lipinski definition) is 1. The van der Waals surface area contributed by atoms with Crippen molar-refractivity contribution in [3.05, 3.63) is 105 Å². The number of benzene rings is 4. The Labute approximate surface area is 222 Å². The zero-order valence-corrected chi connectivity index (χ0v) is 21.1. The van der Waals surface area contributed by atoms with Gasteiger partial charge in [0.05, 0.1) is 16.8 Å². The highest BCUT2D eigenvalue weighted by Gasteiger charge is 2.17. The molecule has 6 nitrogen and oxygen atoms in total. The first kappa shape index (κ1) is 25.5. The molecule has 0 saturated heterocycles. The molecule has 0 aliphatic rings. The van der Waals surface area contributed by atoms with Crippen LogP contribution in [0.5, 0.6) is 11.5 Å². The lowest BCUT2D eigenvalue weighted by Crippen LogP contribution is -2.33. The van der Waals surface area contributed by atoms with Gasteiger partial charge >= 0.3 is 5.97 Å². The molecular formula is C27H19Cl3N2O4. The third-order valence-corrected chi connectivity index (χ3v) is 5.91. The van der Waals surface area contributed by atoms with E-state index in [1.807, 2.05) is 30.3 Å². The van der Waals surface area contributed by atoms with Gasteiger partial charge in [-0.15, -0.1) is 0 Å². The van der Waals surface area contributed by atoms with Crippen LogP contribution in [0, 0.1) is 0 Å². The molecule has 9 heteroatoms. The zero-order valence-electron chi connectivity index (χ0n) is 18.9. The minimum Gasteiger partial charge on any atom is -0.481 e. The summed E-state index contributed by atoms with van der Waals surface area (Å²) in [6, 6.07) is 22.2. The van der Waals surface area contributed by atoms with Crippen molar-refractivity contribution >= 4 is 63.7 Å². The van der Waals surface area contributed by atoms with E-state index in [-0.39, 0.29) is 16.3 Å². The third kappa shape index (κ3) is 6.15. The second kappa shape index (κ2) is 11.4. The molecule has 4 aromatic carbocycles. The van der Waals surface area contributed by atoms with Crippen molar-refractivity contribution in [1.29, 1.82) is 0 Å². The van der Waals surface area contributed by atoms with E-state index in [0.29, 0.717) is 21.4 Å². The molecule has 182 valence electrons. The minimum atomic E-state index is -0.836. The maximum atomic E-state index is 12.8. The fourth-order valence-corrected chi connectivity index (χ4v) is 4.02. The number of ether oxygens (including phenoxy) is 2. The van der Waals surface area contributed by atoms with Gasteiger partial charge in [0.15, 0.2) is 6.10 Å². The molecule has 1 N–H and O–H groups in total. The predicted octanol–water partition coefficient (Wildman–Crippen LogP) is 6.94. The Kier molecular flexibility index (Phi) is 8.10. The monoisotopic (exact) mass is 540 g/mol. The normalized spacial score (nSPS) is 11.9. The van der Waals surface area contributed by atoms with Gasteiger partial charge in [0.1, 0.15) is 11.5 Å². The number of rotatable bonds is 7. The summed E-state index contributed by atoms with van der Waals surface area (Å²) in [4.78, 5) is 25.3. The molecule has 0 fully saturated rings. The number of amides is 1. The summed E-state index contributed by atoms with van der Waals surface area (Å²) in [7, 11) is 0. The van der Waals surface area contributed by atoms with Gasteiger partial charge in [0, 0.05) is 15.6 Å². The number of carbonyl (C=O) groups is 2. The fraction of sp³-hybridized carbons (Fsp3) is 0.0741. The molecule has 1 unspecified atom stereocenters. The average molecular weight is 542 g/mol. The van der Waals surface area contributed by atoms with Crippen LogP contribution in [0.4, 0.5) is 0 Å². The Hall–Kier alpha value is -3.58. The van der Waals surface area contributed by atoms with Crippen LogP contribution in [0.25, 0.3) is 10.8 Å². The molecule has 0 aromatic heterocycles. The molecule has 4 rings (SSSR count). The SMILES string of the molecule is CC(Oc1cccc(Cl)c1)C(=O)NN=Cc1c(OC(=O)c2ccc(Cl)cc2Cl)ccc2ccccc12. The van der Waals surface area contributed by atoms with E-state index >= 15 is 0 Å². The summed E-state index contributed by atoms with van der Waals surface area (Å²) < 4.78 is 11.3. The van der Waals surface area contributed by atoms with Crippen LogP contribution in [0.2, 0.25) is 15.1 Å². The first-order valence-corrected chi connectivity index (χ1v) is 11.9. The summed E-state index contributed by atoms with van der Waals surface area (Å²) in [5.74, 6) is -0.434. The number of esters is 1. The number of fused-ring (bicyclic) bond motifs is 1. The molecule has 36 heavy (non-hydrogen) atoms. The summed E-state index contributed by atoms with van der Waals surface area (Å²) in [5, 5.41) is 6.81. The highest BCUT2D eigenvalue weighted by Crippen LogP contribution is 2.29. The number of hydrazone groups is 1. The number of halogens is 3. The molecule has 1 atom stereocenters. The lowest BCUT2D eigenvalue weighted by Gasteiger charge is -2.13. The van der Waals surface area contributed by atoms with Gasteiger partial charge in [-0.05, 0) is 60.2 Å². The van der Waals surface area contributed by atoms with E-state index in [2.05, 4.69) is 10.5 Å². The second-order valence-corrected chi connectivity index (χ2v) is 8.94. The van der Waals surface area contributed by atoms with Crippen molar-refractivity contribution < 1.29 is 19.1 Å². The van der Waals surface area contributed by atoms with Gasteiger partial charge in [0.25, 0.3) is 5.91 Å². The topological polar surface area (TPSA) is 77.0 Å².